The fraction of sp³-hybridized carbons (Fsp3) is 0.211. The molecule has 7 heteroatoms. The monoisotopic (exact) mass is 386 g/mol. The van der Waals surface area contributed by atoms with E-state index in [1.54, 1.807) is 0 Å². The number of carbonyl (C=O) groups is 1. The molecule has 0 aliphatic heterocycles. The Kier molecular flexibility index (Phi) is 5.96. The van der Waals surface area contributed by atoms with Crippen molar-refractivity contribution in [3.05, 3.63) is 59.1 Å². The molecule has 0 saturated carbocycles. The highest BCUT2D eigenvalue weighted by Crippen LogP contribution is 2.28. The molecular formula is C19H19ClN4OS. The van der Waals surface area contributed by atoms with E-state index in [-0.39, 0.29) is 5.91 Å². The number of amides is 1. The third-order valence-electron chi connectivity index (χ3n) is 3.73. The average Bonchev–Trinajstić information content (AvgIpc) is 3.05. The van der Waals surface area contributed by atoms with Crippen LogP contribution in [0.15, 0.2) is 53.7 Å². The maximum Gasteiger partial charge on any atom is 0.230 e. The van der Waals surface area contributed by atoms with Gasteiger partial charge in [0.15, 0.2) is 11.0 Å². The number of thioether (sulfide) groups is 1. The van der Waals surface area contributed by atoms with Gasteiger partial charge in [0.1, 0.15) is 0 Å². The maximum absolute atomic E-state index is 11.8. The second-order valence-electron chi connectivity index (χ2n) is 5.73. The first-order chi connectivity index (χ1) is 12.6. The number of halogens is 1. The van der Waals surface area contributed by atoms with Crippen LogP contribution in [0.4, 0.5) is 0 Å². The maximum atomic E-state index is 11.8. The van der Waals surface area contributed by atoms with Crippen molar-refractivity contribution < 1.29 is 4.79 Å². The van der Waals surface area contributed by atoms with Crippen LogP contribution in [0.3, 0.4) is 0 Å². The lowest BCUT2D eigenvalue weighted by Crippen LogP contribution is -2.24. The number of aryl methyl sites for hydroxylation is 1. The average molecular weight is 387 g/mol. The minimum absolute atomic E-state index is 0.0241. The van der Waals surface area contributed by atoms with Crippen molar-refractivity contribution >= 4 is 29.3 Å². The normalized spacial score (nSPS) is 10.7. The number of aromatic nitrogens is 3. The summed E-state index contributed by atoms with van der Waals surface area (Å²) in [5.74, 6) is 0.978. The van der Waals surface area contributed by atoms with Crippen LogP contribution < -0.4 is 5.32 Å². The van der Waals surface area contributed by atoms with Gasteiger partial charge in [0.05, 0.1) is 5.75 Å². The quantitative estimate of drug-likeness (QED) is 0.647. The van der Waals surface area contributed by atoms with Crippen molar-refractivity contribution in [3.63, 3.8) is 0 Å². The molecule has 26 heavy (non-hydrogen) atoms. The summed E-state index contributed by atoms with van der Waals surface area (Å²) in [5.41, 5.74) is 3.03. The highest BCUT2D eigenvalue weighted by molar-refractivity contribution is 7.99. The van der Waals surface area contributed by atoms with E-state index in [0.29, 0.717) is 28.3 Å². The van der Waals surface area contributed by atoms with Gasteiger partial charge in [-0.1, -0.05) is 41.1 Å². The van der Waals surface area contributed by atoms with Crippen molar-refractivity contribution in [3.8, 4) is 17.1 Å². The number of nitrogens with zero attached hydrogens (tertiary/aromatic N) is 3. The van der Waals surface area contributed by atoms with Gasteiger partial charge in [0, 0.05) is 22.8 Å². The van der Waals surface area contributed by atoms with E-state index in [1.165, 1.54) is 17.3 Å². The molecule has 0 saturated heterocycles. The molecule has 0 unspecified atom stereocenters. The molecule has 0 fully saturated rings. The molecule has 2 aromatic carbocycles. The zero-order chi connectivity index (χ0) is 18.5. The highest BCUT2D eigenvalue weighted by atomic mass is 35.5. The van der Waals surface area contributed by atoms with Crippen molar-refractivity contribution in [1.82, 2.24) is 20.1 Å². The van der Waals surface area contributed by atoms with Gasteiger partial charge in [-0.15, -0.1) is 10.2 Å². The molecule has 5 nitrogen and oxygen atoms in total. The SMILES string of the molecule is CCNC(=O)CSc1nnc(-c2ccc(Cl)cc2)n1-c1ccc(C)cc1. The Morgan fingerprint density at radius 1 is 1.12 bits per heavy atom. The van der Waals surface area contributed by atoms with Gasteiger partial charge in [0.25, 0.3) is 0 Å². The van der Waals surface area contributed by atoms with Crippen LogP contribution >= 0.6 is 23.4 Å². The first-order valence-electron chi connectivity index (χ1n) is 8.26. The minimum atomic E-state index is -0.0241. The number of rotatable bonds is 6. The number of nitrogens with one attached hydrogen (secondary N) is 1. The fourth-order valence-corrected chi connectivity index (χ4v) is 3.36. The van der Waals surface area contributed by atoms with Crippen LogP contribution in [0, 0.1) is 6.92 Å². The Morgan fingerprint density at radius 3 is 2.46 bits per heavy atom. The molecule has 1 aromatic heterocycles. The van der Waals surface area contributed by atoms with Crippen molar-refractivity contribution in [1.29, 1.82) is 0 Å². The Balaban J connectivity index is 2.00. The van der Waals surface area contributed by atoms with Gasteiger partial charge < -0.3 is 5.32 Å². The van der Waals surface area contributed by atoms with Crippen molar-refractivity contribution in [2.75, 3.05) is 12.3 Å². The number of carbonyl (C=O) groups excluding carboxylic acids is 1. The summed E-state index contributed by atoms with van der Waals surface area (Å²) in [6.45, 7) is 4.55. The summed E-state index contributed by atoms with van der Waals surface area (Å²) in [7, 11) is 0. The Hall–Kier alpha value is -2.31. The lowest BCUT2D eigenvalue weighted by Gasteiger charge is -2.11. The molecule has 0 spiro atoms. The Bertz CT molecular complexity index is 891. The molecule has 3 rings (SSSR count). The lowest BCUT2D eigenvalue weighted by molar-refractivity contribution is -0.118. The molecule has 0 radical (unpaired) electrons. The third kappa shape index (κ3) is 4.26. The molecule has 0 atom stereocenters. The van der Waals surface area contributed by atoms with E-state index < -0.39 is 0 Å². The van der Waals surface area contributed by atoms with E-state index in [4.69, 9.17) is 11.6 Å². The van der Waals surface area contributed by atoms with E-state index in [0.717, 1.165) is 11.3 Å². The third-order valence-corrected chi connectivity index (χ3v) is 4.92. The van der Waals surface area contributed by atoms with Gasteiger partial charge in [-0.05, 0) is 50.2 Å². The summed E-state index contributed by atoms with van der Waals surface area (Å²) in [6.07, 6.45) is 0. The molecule has 134 valence electrons. The van der Waals surface area contributed by atoms with Crippen molar-refractivity contribution in [2.45, 2.75) is 19.0 Å². The molecule has 0 aliphatic carbocycles. The zero-order valence-electron chi connectivity index (χ0n) is 14.6. The molecular weight excluding hydrogens is 368 g/mol. The van der Waals surface area contributed by atoms with E-state index in [9.17, 15) is 4.79 Å². The predicted octanol–water partition coefficient (Wildman–Crippen LogP) is 4.12. The molecule has 1 N–H and O–H groups in total. The largest absolute Gasteiger partial charge is 0.356 e. The van der Waals surface area contributed by atoms with E-state index in [1.807, 2.05) is 66.9 Å². The zero-order valence-corrected chi connectivity index (χ0v) is 16.1. The van der Waals surface area contributed by atoms with Gasteiger partial charge >= 0.3 is 0 Å². The molecule has 0 bridgehead atoms. The number of benzene rings is 2. The van der Waals surface area contributed by atoms with Crippen LogP contribution in [0.2, 0.25) is 5.02 Å². The van der Waals surface area contributed by atoms with Crippen LogP contribution in [-0.4, -0.2) is 33.0 Å². The lowest BCUT2D eigenvalue weighted by atomic mass is 10.2. The Morgan fingerprint density at radius 2 is 1.81 bits per heavy atom. The van der Waals surface area contributed by atoms with Gasteiger partial charge in [0.2, 0.25) is 5.91 Å². The summed E-state index contributed by atoms with van der Waals surface area (Å²) in [4.78, 5) is 11.8. The van der Waals surface area contributed by atoms with Gasteiger partial charge in [-0.25, -0.2) is 0 Å². The molecule has 3 aromatic rings. The highest BCUT2D eigenvalue weighted by Gasteiger charge is 2.17. The summed E-state index contributed by atoms with van der Waals surface area (Å²) in [5, 5.41) is 12.8. The molecule has 1 heterocycles. The second kappa shape index (κ2) is 8.38. The Labute approximate surface area is 161 Å². The number of hydrogen-bond donors (Lipinski definition) is 1. The van der Waals surface area contributed by atoms with E-state index in [2.05, 4.69) is 15.5 Å². The van der Waals surface area contributed by atoms with E-state index >= 15 is 0 Å². The van der Waals surface area contributed by atoms with Crippen LogP contribution in [-0.2, 0) is 4.79 Å². The van der Waals surface area contributed by atoms with Gasteiger partial charge in [-0.3, -0.25) is 9.36 Å². The predicted molar refractivity (Wildman–Crippen MR) is 106 cm³/mol. The molecule has 0 aliphatic rings. The van der Waals surface area contributed by atoms with Crippen LogP contribution in [0.1, 0.15) is 12.5 Å². The standard InChI is InChI=1S/C19H19ClN4OS/c1-3-21-17(25)12-26-19-23-22-18(14-6-8-15(20)9-7-14)24(19)16-10-4-13(2)5-11-16/h4-11H,3,12H2,1-2H3,(H,21,25). The smallest absolute Gasteiger partial charge is 0.230 e. The summed E-state index contributed by atoms with van der Waals surface area (Å²) < 4.78 is 1.96. The minimum Gasteiger partial charge on any atom is -0.356 e. The fourth-order valence-electron chi connectivity index (χ4n) is 2.45. The van der Waals surface area contributed by atoms with Crippen molar-refractivity contribution in [2.24, 2.45) is 0 Å². The summed E-state index contributed by atoms with van der Waals surface area (Å²) >= 11 is 7.37. The van der Waals surface area contributed by atoms with Crippen LogP contribution in [0.25, 0.3) is 17.1 Å². The topological polar surface area (TPSA) is 59.8 Å². The first kappa shape index (κ1) is 18.5. The number of hydrogen-bond acceptors (Lipinski definition) is 4. The summed E-state index contributed by atoms with van der Waals surface area (Å²) in [6, 6.07) is 15.6. The van der Waals surface area contributed by atoms with Crippen LogP contribution in [0.5, 0.6) is 0 Å². The first-order valence-corrected chi connectivity index (χ1v) is 9.62. The molecule has 1 amide bonds. The van der Waals surface area contributed by atoms with Gasteiger partial charge in [-0.2, -0.15) is 0 Å². The second-order valence-corrected chi connectivity index (χ2v) is 7.11.